The van der Waals surface area contributed by atoms with Gasteiger partial charge in [-0.3, -0.25) is 14.5 Å². The van der Waals surface area contributed by atoms with E-state index in [-0.39, 0.29) is 18.9 Å². The zero-order chi connectivity index (χ0) is 15.8. The van der Waals surface area contributed by atoms with Crippen LogP contribution in [0.4, 0.5) is 10.5 Å². The summed E-state index contributed by atoms with van der Waals surface area (Å²) in [6.45, 7) is 1.57. The Hall–Kier alpha value is -2.57. The second-order valence-corrected chi connectivity index (χ2v) is 4.42. The third-order valence-corrected chi connectivity index (χ3v) is 2.84. The van der Waals surface area contributed by atoms with Crippen molar-refractivity contribution >= 4 is 23.6 Å². The molecule has 0 saturated heterocycles. The van der Waals surface area contributed by atoms with E-state index in [4.69, 9.17) is 5.11 Å². The largest absolute Gasteiger partial charge is 0.481 e. The number of carbonyl (C=O) groups excluding carboxylic acids is 2. The van der Waals surface area contributed by atoms with E-state index in [1.807, 2.05) is 0 Å². The summed E-state index contributed by atoms with van der Waals surface area (Å²) in [4.78, 5) is 35.7. The number of para-hydroxylation sites is 1. The number of likely N-dealkylation sites (N-methyl/N-ethyl adjacent to an activating group) is 1. The van der Waals surface area contributed by atoms with Crippen molar-refractivity contribution in [1.29, 1.82) is 0 Å². The summed E-state index contributed by atoms with van der Waals surface area (Å²) in [6, 6.07) is 7.47. The van der Waals surface area contributed by atoms with Gasteiger partial charge in [-0.25, -0.2) is 4.79 Å². The molecule has 3 amide bonds. The number of carboxylic acids is 1. The molecule has 0 radical (unpaired) electrons. The minimum absolute atomic E-state index is 0.0195. The van der Waals surface area contributed by atoms with Crippen molar-refractivity contribution < 1.29 is 19.5 Å². The van der Waals surface area contributed by atoms with E-state index in [1.54, 1.807) is 37.3 Å². The third kappa shape index (κ3) is 5.13. The lowest BCUT2D eigenvalue weighted by Crippen LogP contribution is -2.49. The second kappa shape index (κ2) is 7.88. The first-order valence-electron chi connectivity index (χ1n) is 6.52. The van der Waals surface area contributed by atoms with Crippen molar-refractivity contribution in [2.45, 2.75) is 19.4 Å². The molecule has 0 heterocycles. The fraction of sp³-hybridized carbons (Fsp3) is 0.357. The fourth-order valence-electron chi connectivity index (χ4n) is 1.71. The zero-order valence-corrected chi connectivity index (χ0v) is 12.0. The van der Waals surface area contributed by atoms with Gasteiger partial charge in [-0.05, 0) is 19.1 Å². The lowest BCUT2D eigenvalue weighted by molar-refractivity contribution is -0.136. The Balaban J connectivity index is 2.83. The summed E-state index contributed by atoms with van der Waals surface area (Å²) in [5.41, 5.74) is 0.570. The number of aliphatic carboxylic acids is 1. The first kappa shape index (κ1) is 16.5. The van der Waals surface area contributed by atoms with Crippen molar-refractivity contribution in [1.82, 2.24) is 10.6 Å². The van der Waals surface area contributed by atoms with Crippen LogP contribution >= 0.6 is 0 Å². The van der Waals surface area contributed by atoms with Gasteiger partial charge in [0, 0.05) is 19.3 Å². The Morgan fingerprint density at radius 2 is 1.86 bits per heavy atom. The number of hydrogen-bond donors (Lipinski definition) is 3. The van der Waals surface area contributed by atoms with E-state index >= 15 is 0 Å². The molecule has 0 fully saturated rings. The normalized spacial score (nSPS) is 11.3. The summed E-state index contributed by atoms with van der Waals surface area (Å²) in [5, 5.41) is 13.7. The van der Waals surface area contributed by atoms with Gasteiger partial charge >= 0.3 is 12.0 Å². The summed E-state index contributed by atoms with van der Waals surface area (Å²) in [5.74, 6) is -1.32. The highest BCUT2D eigenvalue weighted by Crippen LogP contribution is 2.14. The van der Waals surface area contributed by atoms with Crippen LogP contribution in [0.25, 0.3) is 0 Å². The molecule has 0 bridgehead atoms. The maximum Gasteiger partial charge on any atom is 0.322 e. The van der Waals surface area contributed by atoms with Gasteiger partial charge in [0.1, 0.15) is 6.04 Å². The molecule has 1 aromatic rings. The van der Waals surface area contributed by atoms with Crippen LogP contribution in [0, 0.1) is 0 Å². The number of rotatable bonds is 6. The lowest BCUT2D eigenvalue weighted by atomic mass is 10.2. The number of urea groups is 1. The van der Waals surface area contributed by atoms with Crippen molar-refractivity contribution in [3.63, 3.8) is 0 Å². The molecule has 0 aliphatic heterocycles. The molecule has 0 aromatic heterocycles. The molecule has 0 saturated carbocycles. The molecule has 7 heteroatoms. The number of anilines is 1. The van der Waals surface area contributed by atoms with Crippen LogP contribution in [0.5, 0.6) is 0 Å². The first-order chi connectivity index (χ1) is 9.95. The summed E-state index contributed by atoms with van der Waals surface area (Å²) >= 11 is 0. The number of carboxylic acid groups (broad SMARTS) is 1. The molecule has 0 aliphatic rings. The molecule has 7 nitrogen and oxygen atoms in total. The van der Waals surface area contributed by atoms with Gasteiger partial charge in [0.2, 0.25) is 5.91 Å². The van der Waals surface area contributed by atoms with E-state index in [9.17, 15) is 14.4 Å². The Labute approximate surface area is 122 Å². The zero-order valence-electron chi connectivity index (χ0n) is 12.0. The number of carbonyl (C=O) groups is 3. The van der Waals surface area contributed by atoms with Gasteiger partial charge in [-0.2, -0.15) is 0 Å². The van der Waals surface area contributed by atoms with E-state index < -0.39 is 18.0 Å². The van der Waals surface area contributed by atoms with Crippen LogP contribution in [-0.2, 0) is 9.59 Å². The molecule has 1 aromatic carbocycles. The quantitative estimate of drug-likeness (QED) is 0.723. The van der Waals surface area contributed by atoms with Crippen molar-refractivity contribution in [2.75, 3.05) is 18.5 Å². The second-order valence-electron chi connectivity index (χ2n) is 4.42. The van der Waals surface area contributed by atoms with E-state index in [0.29, 0.717) is 5.69 Å². The first-order valence-corrected chi connectivity index (χ1v) is 6.52. The maximum atomic E-state index is 12.2. The molecular weight excluding hydrogens is 274 g/mol. The van der Waals surface area contributed by atoms with Gasteiger partial charge < -0.3 is 15.7 Å². The van der Waals surface area contributed by atoms with Gasteiger partial charge in [0.05, 0.1) is 6.42 Å². The third-order valence-electron chi connectivity index (χ3n) is 2.84. The average molecular weight is 293 g/mol. The Morgan fingerprint density at radius 1 is 1.24 bits per heavy atom. The van der Waals surface area contributed by atoms with Gasteiger partial charge in [0.15, 0.2) is 0 Å². The smallest absolute Gasteiger partial charge is 0.322 e. The number of nitrogens with zero attached hydrogens (tertiary/aromatic N) is 1. The van der Waals surface area contributed by atoms with Crippen molar-refractivity contribution in [3.05, 3.63) is 30.3 Å². The maximum absolute atomic E-state index is 12.2. The number of hydrogen-bond acceptors (Lipinski definition) is 3. The molecule has 21 heavy (non-hydrogen) atoms. The van der Waals surface area contributed by atoms with Gasteiger partial charge in [-0.1, -0.05) is 18.2 Å². The molecule has 1 rings (SSSR count). The van der Waals surface area contributed by atoms with Crippen molar-refractivity contribution in [3.8, 4) is 0 Å². The highest BCUT2D eigenvalue weighted by atomic mass is 16.4. The van der Waals surface area contributed by atoms with Crippen LogP contribution in [0.2, 0.25) is 0 Å². The molecule has 1 unspecified atom stereocenters. The number of amides is 3. The molecule has 0 aliphatic carbocycles. The van der Waals surface area contributed by atoms with Crippen LogP contribution < -0.4 is 15.5 Å². The highest BCUT2D eigenvalue weighted by Gasteiger charge is 2.21. The van der Waals surface area contributed by atoms with Crippen LogP contribution in [-0.4, -0.2) is 42.6 Å². The summed E-state index contributed by atoms with van der Waals surface area (Å²) in [6.07, 6.45) is -0.184. The minimum atomic E-state index is -0.997. The topological polar surface area (TPSA) is 98.7 Å². The van der Waals surface area contributed by atoms with Crippen molar-refractivity contribution in [2.24, 2.45) is 0 Å². The van der Waals surface area contributed by atoms with Gasteiger partial charge in [-0.15, -0.1) is 0 Å². The molecule has 0 spiro atoms. The monoisotopic (exact) mass is 293 g/mol. The standard InChI is InChI=1S/C14H19N3O4/c1-10(13(20)15-2)16-14(21)17(9-8-12(18)19)11-6-4-3-5-7-11/h3-7,10H,8-9H2,1-2H3,(H,15,20)(H,16,21)(H,18,19). The van der Waals surface area contributed by atoms with Gasteiger partial charge in [0.25, 0.3) is 0 Å². The van der Waals surface area contributed by atoms with E-state index in [0.717, 1.165) is 0 Å². The molecule has 114 valence electrons. The summed E-state index contributed by atoms with van der Waals surface area (Å²) < 4.78 is 0. The Morgan fingerprint density at radius 3 is 2.38 bits per heavy atom. The van der Waals surface area contributed by atoms with E-state index in [1.165, 1.54) is 11.9 Å². The molecular formula is C14H19N3O4. The minimum Gasteiger partial charge on any atom is -0.481 e. The molecule has 1 atom stereocenters. The van der Waals surface area contributed by atoms with Crippen LogP contribution in [0.1, 0.15) is 13.3 Å². The SMILES string of the molecule is CNC(=O)C(C)NC(=O)N(CCC(=O)O)c1ccccc1. The van der Waals surface area contributed by atoms with Crippen LogP contribution in [0.3, 0.4) is 0 Å². The van der Waals surface area contributed by atoms with Crippen LogP contribution in [0.15, 0.2) is 30.3 Å². The lowest BCUT2D eigenvalue weighted by Gasteiger charge is -2.24. The van der Waals surface area contributed by atoms with E-state index in [2.05, 4.69) is 10.6 Å². The fourth-order valence-corrected chi connectivity index (χ4v) is 1.71. The predicted octanol–water partition coefficient (Wildman–Crippen LogP) is 0.812. The summed E-state index contributed by atoms with van der Waals surface area (Å²) in [7, 11) is 1.48. The Kier molecular flexibility index (Phi) is 6.19. The predicted molar refractivity (Wildman–Crippen MR) is 78.1 cm³/mol. The Bertz CT molecular complexity index is 504. The highest BCUT2D eigenvalue weighted by molar-refractivity contribution is 5.95. The average Bonchev–Trinajstić information content (AvgIpc) is 2.47. The number of benzene rings is 1. The number of nitrogens with one attached hydrogen (secondary N) is 2. The molecule has 3 N–H and O–H groups in total.